The number of alkyl halides is 3. The van der Waals surface area contributed by atoms with Gasteiger partial charge in [0.1, 0.15) is 5.75 Å². The van der Waals surface area contributed by atoms with Crippen LogP contribution in [0.5, 0.6) is 5.75 Å². The van der Waals surface area contributed by atoms with Gasteiger partial charge in [-0.05, 0) is 37.2 Å². The summed E-state index contributed by atoms with van der Waals surface area (Å²) in [4.78, 5) is 43.7. The molecule has 0 unspecified atom stereocenters. The fraction of sp³-hybridized carbons (Fsp3) is 0.429. The van der Waals surface area contributed by atoms with E-state index in [9.17, 15) is 27.6 Å². The molecule has 1 saturated carbocycles. The fourth-order valence-corrected chi connectivity index (χ4v) is 4.87. The summed E-state index contributed by atoms with van der Waals surface area (Å²) in [6, 6.07) is 14.1. The number of hydrogen-bond acceptors (Lipinski definition) is 5. The van der Waals surface area contributed by atoms with E-state index in [1.165, 1.54) is 7.11 Å². The summed E-state index contributed by atoms with van der Waals surface area (Å²) in [5, 5.41) is 5.23. The molecule has 4 rings (SSSR count). The van der Waals surface area contributed by atoms with Crippen molar-refractivity contribution in [1.29, 1.82) is 0 Å². The van der Waals surface area contributed by atoms with Crippen LogP contribution in [0.4, 0.5) is 18.9 Å². The number of benzene rings is 2. The third kappa shape index (κ3) is 6.76. The van der Waals surface area contributed by atoms with Crippen molar-refractivity contribution in [3.05, 3.63) is 59.7 Å². The number of primary amides is 1. The number of benzodiazepines with no additional fused rings is 1. The number of aliphatic imine (C=N–C) groups is 1. The molecule has 2 aliphatic rings. The normalized spacial score (nSPS) is 19.5. The topological polar surface area (TPSA) is 123 Å². The third-order valence-corrected chi connectivity index (χ3v) is 7.33. The Bertz CT molecular complexity index is 1280. The smallest absolute Gasteiger partial charge is 0.389 e. The van der Waals surface area contributed by atoms with Crippen LogP contribution in [0, 0.1) is 17.3 Å². The first-order valence-corrected chi connectivity index (χ1v) is 12.7. The van der Waals surface area contributed by atoms with Gasteiger partial charge in [-0.3, -0.25) is 14.4 Å². The van der Waals surface area contributed by atoms with E-state index in [1.54, 1.807) is 42.5 Å². The number of rotatable bonds is 10. The number of halogens is 3. The first kappa shape index (κ1) is 28.1. The number of carbonyl (C=O) groups excluding carboxylic acids is 3. The van der Waals surface area contributed by atoms with E-state index < -0.39 is 54.7 Å². The number of nitrogens with two attached hydrogens (primary N) is 1. The van der Waals surface area contributed by atoms with Crippen molar-refractivity contribution in [2.24, 2.45) is 28.0 Å². The average Bonchev–Trinajstić information content (AvgIpc) is 3.64. The number of amides is 3. The van der Waals surface area contributed by atoms with Crippen molar-refractivity contribution in [2.75, 3.05) is 12.4 Å². The number of carbonyl (C=O) groups is 3. The second kappa shape index (κ2) is 11.1. The molecule has 8 nitrogen and oxygen atoms in total. The van der Waals surface area contributed by atoms with Crippen LogP contribution in [0.25, 0.3) is 0 Å². The molecule has 0 radical (unpaired) electrons. The van der Waals surface area contributed by atoms with E-state index in [-0.39, 0.29) is 11.8 Å². The minimum Gasteiger partial charge on any atom is -0.495 e. The molecule has 1 heterocycles. The van der Waals surface area contributed by atoms with Crippen LogP contribution < -0.4 is 21.1 Å². The van der Waals surface area contributed by atoms with Crippen LogP contribution >= 0.6 is 0 Å². The molecule has 0 spiro atoms. The Morgan fingerprint density at radius 1 is 1.15 bits per heavy atom. The fourth-order valence-electron chi connectivity index (χ4n) is 4.87. The van der Waals surface area contributed by atoms with Gasteiger partial charge in [0, 0.05) is 29.4 Å². The number of nitrogens with zero attached hydrogens (tertiary/aromatic N) is 1. The lowest BCUT2D eigenvalue weighted by Crippen LogP contribution is -2.48. The standard InChI is InChI=1S/C28H31F3N4O4/c1-27(13-14-27)15-19(23(32)36)17(11-12-28(29,30)31)25(37)35-24-26(38)34-22-18(9-6-10-20(22)39-2)21(33-24)16-7-4-3-5-8-16/h3-10,17,19,24H,11-15H2,1-2H3,(H2,32,36)(H,34,38)(H,35,37)/t17-,19+,24-/m1/s1. The van der Waals surface area contributed by atoms with Crippen LogP contribution in [0.15, 0.2) is 53.5 Å². The van der Waals surface area contributed by atoms with Gasteiger partial charge in [-0.15, -0.1) is 0 Å². The van der Waals surface area contributed by atoms with Gasteiger partial charge in [-0.25, -0.2) is 4.99 Å². The summed E-state index contributed by atoms with van der Waals surface area (Å²) in [7, 11) is 1.45. The minimum absolute atomic E-state index is 0.191. The second-order valence-corrected chi connectivity index (χ2v) is 10.4. The van der Waals surface area contributed by atoms with Crippen molar-refractivity contribution < 1.29 is 32.3 Å². The highest BCUT2D eigenvalue weighted by Crippen LogP contribution is 2.51. The Hall–Kier alpha value is -3.89. The molecule has 2 aromatic carbocycles. The van der Waals surface area contributed by atoms with E-state index in [0.29, 0.717) is 28.3 Å². The summed E-state index contributed by atoms with van der Waals surface area (Å²) in [5.74, 6) is -4.58. The molecule has 4 N–H and O–H groups in total. The summed E-state index contributed by atoms with van der Waals surface area (Å²) in [6.45, 7) is 1.90. The van der Waals surface area contributed by atoms with Gasteiger partial charge < -0.3 is 21.1 Å². The van der Waals surface area contributed by atoms with Gasteiger partial charge in [0.2, 0.25) is 18.0 Å². The van der Waals surface area contributed by atoms with Crippen LogP contribution in [0.3, 0.4) is 0 Å². The Morgan fingerprint density at radius 3 is 2.44 bits per heavy atom. The molecule has 39 heavy (non-hydrogen) atoms. The molecule has 11 heteroatoms. The lowest BCUT2D eigenvalue weighted by Gasteiger charge is -2.27. The zero-order chi connectivity index (χ0) is 28.4. The average molecular weight is 545 g/mol. The van der Waals surface area contributed by atoms with E-state index >= 15 is 0 Å². The number of methoxy groups -OCH3 is 1. The first-order chi connectivity index (χ1) is 18.4. The van der Waals surface area contributed by atoms with Gasteiger partial charge in [0.05, 0.1) is 18.5 Å². The van der Waals surface area contributed by atoms with Gasteiger partial charge in [0.15, 0.2) is 0 Å². The summed E-state index contributed by atoms with van der Waals surface area (Å²) >= 11 is 0. The van der Waals surface area contributed by atoms with Gasteiger partial charge in [-0.2, -0.15) is 13.2 Å². The first-order valence-electron chi connectivity index (χ1n) is 12.7. The number of ether oxygens (including phenoxy) is 1. The molecular formula is C28H31F3N4O4. The molecule has 0 saturated heterocycles. The maximum atomic E-state index is 13.5. The zero-order valence-corrected chi connectivity index (χ0v) is 21.7. The molecule has 208 valence electrons. The predicted molar refractivity (Wildman–Crippen MR) is 139 cm³/mol. The van der Waals surface area contributed by atoms with Crippen molar-refractivity contribution in [3.8, 4) is 5.75 Å². The Morgan fingerprint density at radius 2 is 1.85 bits per heavy atom. The lowest BCUT2D eigenvalue weighted by molar-refractivity contribution is -0.147. The van der Waals surface area contributed by atoms with Crippen LogP contribution in [-0.4, -0.2) is 42.9 Å². The zero-order valence-electron chi connectivity index (χ0n) is 21.7. The van der Waals surface area contributed by atoms with E-state index in [0.717, 1.165) is 12.8 Å². The second-order valence-electron chi connectivity index (χ2n) is 10.4. The molecule has 2 aromatic rings. The van der Waals surface area contributed by atoms with Crippen molar-refractivity contribution >= 4 is 29.1 Å². The highest BCUT2D eigenvalue weighted by Gasteiger charge is 2.46. The molecule has 0 bridgehead atoms. The molecule has 3 atom stereocenters. The van der Waals surface area contributed by atoms with Crippen LogP contribution in [-0.2, 0) is 14.4 Å². The molecule has 0 aromatic heterocycles. The molecular weight excluding hydrogens is 513 g/mol. The van der Waals surface area contributed by atoms with E-state index in [1.807, 2.05) is 13.0 Å². The van der Waals surface area contributed by atoms with E-state index in [4.69, 9.17) is 10.5 Å². The Labute approximate surface area is 224 Å². The summed E-state index contributed by atoms with van der Waals surface area (Å²) in [6.07, 6.45) is -6.17. The largest absolute Gasteiger partial charge is 0.495 e. The Balaban J connectivity index is 1.70. The maximum absolute atomic E-state index is 13.5. The number of fused-ring (bicyclic) bond motifs is 1. The predicted octanol–water partition coefficient (Wildman–Crippen LogP) is 4.18. The SMILES string of the molecule is COc1cccc2c1NC(=O)[C@@H](NC(=O)[C@H](CCC(F)(F)F)[C@H](CC1(C)CC1)C(N)=O)N=C2c1ccccc1. The third-order valence-electron chi connectivity index (χ3n) is 7.33. The van der Waals surface area contributed by atoms with Crippen LogP contribution in [0.1, 0.15) is 50.2 Å². The molecule has 3 amide bonds. The lowest BCUT2D eigenvalue weighted by atomic mass is 9.80. The highest BCUT2D eigenvalue weighted by molar-refractivity contribution is 6.20. The van der Waals surface area contributed by atoms with Gasteiger partial charge in [0.25, 0.3) is 5.91 Å². The summed E-state index contributed by atoms with van der Waals surface area (Å²) < 4.78 is 45.0. The van der Waals surface area contributed by atoms with E-state index in [2.05, 4.69) is 15.6 Å². The van der Waals surface area contributed by atoms with Crippen LogP contribution in [0.2, 0.25) is 0 Å². The Kier molecular flexibility index (Phi) is 7.99. The highest BCUT2D eigenvalue weighted by atomic mass is 19.4. The van der Waals surface area contributed by atoms with Crippen molar-refractivity contribution in [1.82, 2.24) is 5.32 Å². The summed E-state index contributed by atoms with van der Waals surface area (Å²) in [5.41, 5.74) is 7.24. The van der Waals surface area contributed by atoms with Gasteiger partial charge >= 0.3 is 6.18 Å². The quantitative estimate of drug-likeness (QED) is 0.415. The minimum atomic E-state index is -4.54. The van der Waals surface area contributed by atoms with Crippen molar-refractivity contribution in [3.63, 3.8) is 0 Å². The number of anilines is 1. The molecule has 1 aliphatic carbocycles. The monoisotopic (exact) mass is 544 g/mol. The van der Waals surface area contributed by atoms with Crippen molar-refractivity contribution in [2.45, 2.75) is 51.4 Å². The number of nitrogens with one attached hydrogen (secondary N) is 2. The van der Waals surface area contributed by atoms with Gasteiger partial charge in [-0.1, -0.05) is 49.4 Å². The maximum Gasteiger partial charge on any atom is 0.389 e. The number of hydrogen-bond donors (Lipinski definition) is 3. The molecule has 1 aliphatic heterocycles. The number of para-hydroxylation sites is 1. The molecule has 1 fully saturated rings.